The number of hydrogen-bond donors (Lipinski definition) is 0. The molecule has 1 aromatic carbocycles. The zero-order chi connectivity index (χ0) is 19.3. The predicted octanol–water partition coefficient (Wildman–Crippen LogP) is 4.78. The summed E-state index contributed by atoms with van der Waals surface area (Å²) in [6.45, 7) is 3.60. The number of thiophene rings is 1. The van der Waals surface area contributed by atoms with E-state index in [0.717, 1.165) is 22.5 Å². The summed E-state index contributed by atoms with van der Waals surface area (Å²) in [5.74, 6) is -1.14. The monoisotopic (exact) mass is 410 g/mol. The number of nitriles is 1. The van der Waals surface area contributed by atoms with Gasteiger partial charge in [0.1, 0.15) is 4.34 Å². The van der Waals surface area contributed by atoms with Crippen LogP contribution in [-0.2, 0) is 9.53 Å². The van der Waals surface area contributed by atoms with E-state index in [2.05, 4.69) is 0 Å². The lowest BCUT2D eigenvalue weighted by molar-refractivity contribution is -0.121. The first-order valence-electron chi connectivity index (χ1n) is 7.69. The molecule has 0 radical (unpaired) electrons. The molecule has 26 heavy (non-hydrogen) atoms. The van der Waals surface area contributed by atoms with E-state index in [-0.39, 0.29) is 22.9 Å². The van der Waals surface area contributed by atoms with E-state index in [4.69, 9.17) is 33.2 Å². The third kappa shape index (κ3) is 5.21. The maximum absolute atomic E-state index is 12.6. The molecular weight excluding hydrogens is 395 g/mol. The van der Waals surface area contributed by atoms with Gasteiger partial charge in [-0.3, -0.25) is 4.79 Å². The first-order chi connectivity index (χ1) is 12.3. The number of ether oxygens (including phenoxy) is 1. The normalized spacial score (nSPS) is 10.3. The molecule has 136 valence electrons. The summed E-state index contributed by atoms with van der Waals surface area (Å²) in [7, 11) is 0. The van der Waals surface area contributed by atoms with Gasteiger partial charge in [-0.05, 0) is 43.2 Å². The number of amides is 1. The maximum atomic E-state index is 12.6. The number of rotatable bonds is 6. The number of anilines is 1. The summed E-state index contributed by atoms with van der Waals surface area (Å²) >= 11 is 12.8. The van der Waals surface area contributed by atoms with Crippen molar-refractivity contribution in [3.05, 3.63) is 49.6 Å². The van der Waals surface area contributed by atoms with Gasteiger partial charge in [-0.25, -0.2) is 4.79 Å². The lowest BCUT2D eigenvalue weighted by atomic mass is 10.1. The van der Waals surface area contributed by atoms with E-state index in [9.17, 15) is 9.59 Å². The van der Waals surface area contributed by atoms with E-state index in [1.807, 2.05) is 38.1 Å². The van der Waals surface area contributed by atoms with Gasteiger partial charge in [0.2, 0.25) is 0 Å². The van der Waals surface area contributed by atoms with E-state index in [1.54, 1.807) is 0 Å². The van der Waals surface area contributed by atoms with Gasteiger partial charge in [0.25, 0.3) is 5.91 Å². The quantitative estimate of drug-likeness (QED) is 0.642. The second kappa shape index (κ2) is 9.04. The largest absolute Gasteiger partial charge is 0.452 e. The van der Waals surface area contributed by atoms with Crippen molar-refractivity contribution in [2.24, 2.45) is 0 Å². The fourth-order valence-corrected chi connectivity index (χ4v) is 3.87. The molecule has 1 amide bonds. The van der Waals surface area contributed by atoms with Crippen molar-refractivity contribution in [1.29, 1.82) is 5.26 Å². The summed E-state index contributed by atoms with van der Waals surface area (Å²) in [6.07, 6.45) is 0.165. The molecule has 0 fully saturated rings. The molecule has 5 nitrogen and oxygen atoms in total. The molecule has 0 saturated heterocycles. The van der Waals surface area contributed by atoms with Crippen molar-refractivity contribution in [2.75, 3.05) is 18.1 Å². The summed E-state index contributed by atoms with van der Waals surface area (Å²) < 4.78 is 5.65. The Kier molecular flexibility index (Phi) is 7.04. The topological polar surface area (TPSA) is 70.4 Å². The molecule has 0 bridgehead atoms. The standard InChI is InChI=1S/C18H16Cl2N2O3S/c1-11-6-12(2)8-13(7-11)22(5-3-4-21)16(23)10-25-18(24)14-9-15(19)26-17(14)20/h6-9H,3,5,10H2,1-2H3. The highest BCUT2D eigenvalue weighted by Crippen LogP contribution is 2.31. The van der Waals surface area contributed by atoms with Crippen LogP contribution in [0, 0.1) is 25.2 Å². The van der Waals surface area contributed by atoms with Crippen molar-refractivity contribution in [3.8, 4) is 6.07 Å². The predicted molar refractivity (Wildman–Crippen MR) is 103 cm³/mol. The fraction of sp³-hybridized carbons (Fsp3) is 0.278. The van der Waals surface area contributed by atoms with E-state index in [1.165, 1.54) is 11.0 Å². The molecular formula is C18H16Cl2N2O3S. The molecule has 1 aromatic heterocycles. The molecule has 2 aromatic rings. The molecule has 0 spiro atoms. The van der Waals surface area contributed by atoms with Crippen molar-refractivity contribution in [1.82, 2.24) is 0 Å². The Morgan fingerprint density at radius 2 is 1.85 bits per heavy atom. The molecule has 2 rings (SSSR count). The molecule has 0 aliphatic heterocycles. The van der Waals surface area contributed by atoms with Gasteiger partial charge in [0, 0.05) is 12.2 Å². The van der Waals surface area contributed by atoms with Gasteiger partial charge in [-0.2, -0.15) is 5.26 Å². The van der Waals surface area contributed by atoms with E-state index in [0.29, 0.717) is 10.0 Å². The first kappa shape index (κ1) is 20.2. The van der Waals surface area contributed by atoms with Crippen LogP contribution in [-0.4, -0.2) is 25.0 Å². The van der Waals surface area contributed by atoms with Crippen LogP contribution < -0.4 is 4.90 Å². The van der Waals surface area contributed by atoms with Crippen molar-refractivity contribution in [2.45, 2.75) is 20.3 Å². The van der Waals surface area contributed by atoms with Crippen LogP contribution in [0.5, 0.6) is 0 Å². The van der Waals surface area contributed by atoms with Crippen LogP contribution in [0.25, 0.3) is 0 Å². The molecule has 1 heterocycles. The van der Waals surface area contributed by atoms with Crippen LogP contribution >= 0.6 is 34.5 Å². The maximum Gasteiger partial charge on any atom is 0.341 e. The number of benzene rings is 1. The highest BCUT2D eigenvalue weighted by molar-refractivity contribution is 7.20. The van der Waals surface area contributed by atoms with Crippen molar-refractivity contribution in [3.63, 3.8) is 0 Å². The Labute approximate surface area is 165 Å². The molecule has 8 heteroatoms. The summed E-state index contributed by atoms with van der Waals surface area (Å²) in [5.41, 5.74) is 2.78. The van der Waals surface area contributed by atoms with Crippen molar-refractivity contribution >= 4 is 52.1 Å². The highest BCUT2D eigenvalue weighted by Gasteiger charge is 2.21. The molecule has 0 aliphatic rings. The van der Waals surface area contributed by atoms with E-state index < -0.39 is 18.5 Å². The lowest BCUT2D eigenvalue weighted by Crippen LogP contribution is -2.35. The molecule has 0 aliphatic carbocycles. The number of nitrogens with zero attached hydrogens (tertiary/aromatic N) is 2. The number of carbonyl (C=O) groups excluding carboxylic acids is 2. The Bertz CT molecular complexity index is 854. The third-order valence-corrected chi connectivity index (χ3v) is 4.96. The van der Waals surface area contributed by atoms with Gasteiger partial charge in [0.15, 0.2) is 6.61 Å². The lowest BCUT2D eigenvalue weighted by Gasteiger charge is -2.22. The van der Waals surface area contributed by atoms with Crippen molar-refractivity contribution < 1.29 is 14.3 Å². The second-order valence-electron chi connectivity index (χ2n) is 5.61. The van der Waals surface area contributed by atoms with Crippen LogP contribution in [0.1, 0.15) is 27.9 Å². The number of aryl methyl sites for hydroxylation is 2. The minimum atomic E-state index is -0.716. The fourth-order valence-electron chi connectivity index (χ4n) is 2.43. The van der Waals surface area contributed by atoms with Crippen LogP contribution in [0.4, 0.5) is 5.69 Å². The summed E-state index contributed by atoms with van der Waals surface area (Å²) in [6, 6.07) is 9.10. The zero-order valence-electron chi connectivity index (χ0n) is 14.2. The third-order valence-electron chi connectivity index (χ3n) is 3.47. The van der Waals surface area contributed by atoms with Gasteiger partial charge in [0.05, 0.1) is 22.4 Å². The van der Waals surface area contributed by atoms with Crippen LogP contribution in [0.3, 0.4) is 0 Å². The Morgan fingerprint density at radius 1 is 1.19 bits per heavy atom. The number of halogens is 2. The summed E-state index contributed by atoms with van der Waals surface area (Å²) in [5, 5.41) is 8.85. The van der Waals surface area contributed by atoms with Gasteiger partial charge in [-0.1, -0.05) is 29.3 Å². The van der Waals surface area contributed by atoms with Gasteiger partial charge in [-0.15, -0.1) is 11.3 Å². The molecule has 0 atom stereocenters. The Morgan fingerprint density at radius 3 is 2.38 bits per heavy atom. The molecule has 0 unspecified atom stereocenters. The summed E-state index contributed by atoms with van der Waals surface area (Å²) in [4.78, 5) is 26.1. The average Bonchev–Trinajstić information content (AvgIpc) is 2.90. The minimum Gasteiger partial charge on any atom is -0.452 e. The molecule has 0 N–H and O–H groups in total. The number of hydrogen-bond acceptors (Lipinski definition) is 5. The molecule has 0 saturated carbocycles. The highest BCUT2D eigenvalue weighted by atomic mass is 35.5. The SMILES string of the molecule is Cc1cc(C)cc(N(CCC#N)C(=O)COC(=O)c2cc(Cl)sc2Cl)c1. The van der Waals surface area contributed by atoms with Gasteiger partial charge < -0.3 is 9.64 Å². The van der Waals surface area contributed by atoms with Crippen LogP contribution in [0.2, 0.25) is 8.67 Å². The smallest absolute Gasteiger partial charge is 0.341 e. The first-order valence-corrected chi connectivity index (χ1v) is 9.26. The zero-order valence-corrected chi connectivity index (χ0v) is 16.5. The minimum absolute atomic E-state index is 0.129. The van der Waals surface area contributed by atoms with E-state index >= 15 is 0 Å². The van der Waals surface area contributed by atoms with Gasteiger partial charge >= 0.3 is 5.97 Å². The van der Waals surface area contributed by atoms with Crippen LogP contribution in [0.15, 0.2) is 24.3 Å². The number of carbonyl (C=O) groups is 2. The number of esters is 1. The second-order valence-corrected chi connectivity index (χ2v) is 7.90. The Hall–Kier alpha value is -2.07. The average molecular weight is 411 g/mol. The Balaban J connectivity index is 2.12.